The number of thioether (sulfide) groups is 2. The summed E-state index contributed by atoms with van der Waals surface area (Å²) < 4.78 is 112. The van der Waals surface area contributed by atoms with Crippen molar-refractivity contribution in [3.05, 3.63) is 0 Å². The number of carboxylic acid groups (broad SMARTS) is 1. The van der Waals surface area contributed by atoms with Gasteiger partial charge in [0.2, 0.25) is 11.8 Å². The fraction of sp³-hybridized carbons (Fsp3) is 0.718. The van der Waals surface area contributed by atoms with Crippen molar-refractivity contribution < 1.29 is 116 Å². The van der Waals surface area contributed by atoms with Gasteiger partial charge in [0.25, 0.3) is 0 Å². The maximum absolute atomic E-state index is 13.0. The van der Waals surface area contributed by atoms with E-state index in [0.29, 0.717) is 0 Å². The lowest BCUT2D eigenvalue weighted by Crippen LogP contribution is -2.61. The maximum atomic E-state index is 13.0. The summed E-state index contributed by atoms with van der Waals surface area (Å²) >= 11 is 1.59. The zero-order valence-corrected chi connectivity index (χ0v) is 36.3. The zero-order valence-electron chi connectivity index (χ0n) is 42.7. The highest BCUT2D eigenvalue weighted by atomic mass is 32.2. The molecule has 0 aliphatic carbocycles. The highest BCUT2D eigenvalue weighted by Crippen LogP contribution is 2.36. The number of nitrogens with one attached hydrogen (secondary N) is 2. The Bertz CT molecular complexity index is 1900. The predicted molar refractivity (Wildman–Crippen MR) is 220 cm³/mol. The third-order valence-electron chi connectivity index (χ3n) is 8.45. The SMILES string of the molecule is [2H]CC(=O)OC[C@H]1OC(SCCC(=O)NCCC[C@H](NC(=O)CCSC2O[C@H](COC(=O)C[2H])[C@@H](OC(=O)C[2H])[C@H](OC(=O)C[2H])[C@@H]2OC(=O)C[2H])C(=O)O)[C@@H](OC(=O)C[2H])[C@@H](OC(=O)C[2H])[C@@H]1OC(=O)C[2H]. The van der Waals surface area contributed by atoms with Gasteiger partial charge in [0.1, 0.15) is 42.3 Å². The number of esters is 8. The van der Waals surface area contributed by atoms with Gasteiger partial charge < -0.3 is 63.1 Å². The number of carbonyl (C=O) groups excluding carboxylic acids is 10. The van der Waals surface area contributed by atoms with Gasteiger partial charge in [-0.15, -0.1) is 23.5 Å². The van der Waals surface area contributed by atoms with E-state index in [1.165, 1.54) is 0 Å². The molecular weight excluding hydrogens is 913 g/mol. The maximum Gasteiger partial charge on any atom is 0.326 e. The summed E-state index contributed by atoms with van der Waals surface area (Å²) in [5.74, 6) is -12.2. The number of hydrogen-bond donors (Lipinski definition) is 3. The monoisotopic (exact) mass is 976 g/mol. The molecule has 2 heterocycles. The van der Waals surface area contributed by atoms with Gasteiger partial charge in [-0.05, 0) is 12.8 Å². The molecule has 2 rings (SSSR count). The third kappa shape index (κ3) is 20.7. The number of amides is 2. The molecule has 366 valence electrons. The summed E-state index contributed by atoms with van der Waals surface area (Å²) in [6.45, 7) is -8.72. The fourth-order valence-electron chi connectivity index (χ4n) is 6.04. The van der Waals surface area contributed by atoms with Crippen molar-refractivity contribution in [1.82, 2.24) is 10.6 Å². The molecule has 2 unspecified atom stereocenters. The largest absolute Gasteiger partial charge is 0.480 e. The van der Waals surface area contributed by atoms with Crippen LogP contribution in [0.15, 0.2) is 0 Å². The van der Waals surface area contributed by atoms with Crippen LogP contribution in [0.2, 0.25) is 0 Å². The van der Waals surface area contributed by atoms with Crippen molar-refractivity contribution >= 4 is 89.1 Å². The molecule has 0 aromatic rings. The van der Waals surface area contributed by atoms with Crippen LogP contribution in [-0.4, -0.2) is 168 Å². The number of carbonyl (C=O) groups is 11. The molecule has 2 aliphatic rings. The minimum atomic E-state index is -1.75. The highest BCUT2D eigenvalue weighted by Gasteiger charge is 2.53. The quantitative estimate of drug-likeness (QED) is 0.0644. The Morgan fingerprint density at radius 1 is 0.538 bits per heavy atom. The molecule has 0 spiro atoms. The average molecular weight is 977 g/mol. The molecule has 0 aromatic carbocycles. The number of aliphatic carboxylic acids is 1. The molecule has 65 heavy (non-hydrogen) atoms. The van der Waals surface area contributed by atoms with E-state index in [-0.39, 0.29) is 37.3 Å². The van der Waals surface area contributed by atoms with E-state index < -0.39 is 206 Å². The number of rotatable bonds is 24. The Balaban J connectivity index is 2.10. The van der Waals surface area contributed by atoms with Gasteiger partial charge in [0, 0.05) is 97.1 Å². The van der Waals surface area contributed by atoms with E-state index >= 15 is 0 Å². The summed E-state index contributed by atoms with van der Waals surface area (Å²) in [7, 11) is 0. The topological polar surface area (TPSA) is 324 Å². The second-order valence-electron chi connectivity index (χ2n) is 13.4. The van der Waals surface area contributed by atoms with Crippen molar-refractivity contribution in [2.24, 2.45) is 0 Å². The van der Waals surface area contributed by atoms with Crippen LogP contribution >= 0.6 is 23.5 Å². The van der Waals surface area contributed by atoms with E-state index in [2.05, 4.69) is 10.6 Å². The van der Waals surface area contributed by atoms with Crippen molar-refractivity contribution in [2.45, 2.75) is 147 Å². The van der Waals surface area contributed by atoms with E-state index in [0.717, 1.165) is 23.5 Å². The van der Waals surface area contributed by atoms with Crippen molar-refractivity contribution in [1.29, 1.82) is 0 Å². The smallest absolute Gasteiger partial charge is 0.326 e. The summed E-state index contributed by atoms with van der Waals surface area (Å²) in [5, 5.41) is 14.7. The standard InChI is InChI=1S/C39H56N2O22S2/c1-18(42)54-16-27-31(56-20(3)44)33(58-22(5)46)35(60-24(7)48)38(62-27)64-14-11-29(50)40-13-9-10-26(37(52)53)41-30(51)12-15-65-39-36(61-25(8)49)34(59-23(6)47)32(57-21(4)45)28(63-39)17-55-19(2)43/h26-28,31-36,38-39H,9-17H2,1-8H3,(H,40,50)(H,41,51)(H,52,53)/t26-,27+,28+,31+,32+,33-,34-,35-,36-,38?,39?/m0/s1/i1D,2D,3D,4D,5D,6D,7D,8D. The van der Waals surface area contributed by atoms with Gasteiger partial charge in [-0.25, -0.2) is 4.79 Å². The molecule has 11 atom stereocenters. The number of ether oxygens (including phenoxy) is 10. The first-order chi connectivity index (χ1) is 34.8. The molecular formula is C39H56N2O22S2. The van der Waals surface area contributed by atoms with Gasteiger partial charge in [0.15, 0.2) is 36.6 Å². The molecule has 26 heteroatoms. The first-order valence-corrected chi connectivity index (χ1v) is 21.0. The Morgan fingerprint density at radius 2 is 0.908 bits per heavy atom. The predicted octanol–water partition coefficient (Wildman–Crippen LogP) is -0.135. The van der Waals surface area contributed by atoms with E-state index in [1.54, 1.807) is 0 Å². The van der Waals surface area contributed by atoms with Crippen LogP contribution in [0, 0.1) is 0 Å². The molecule has 2 amide bonds. The van der Waals surface area contributed by atoms with Crippen LogP contribution in [0.3, 0.4) is 0 Å². The van der Waals surface area contributed by atoms with Gasteiger partial charge in [-0.3, -0.25) is 47.9 Å². The summed E-state index contributed by atoms with van der Waals surface area (Å²) in [5.41, 5.74) is -2.76. The fourth-order valence-corrected chi connectivity index (χ4v) is 8.35. The lowest BCUT2D eigenvalue weighted by atomic mass is 9.99. The molecule has 3 N–H and O–H groups in total. The minimum absolute atomic E-state index is 0.0114. The third-order valence-corrected chi connectivity index (χ3v) is 10.7. The van der Waals surface area contributed by atoms with Crippen LogP contribution in [0.5, 0.6) is 0 Å². The van der Waals surface area contributed by atoms with Gasteiger partial charge >= 0.3 is 53.7 Å². The van der Waals surface area contributed by atoms with Gasteiger partial charge in [-0.1, -0.05) is 0 Å². The molecule has 2 saturated heterocycles. The Morgan fingerprint density at radius 3 is 1.29 bits per heavy atom. The summed E-state index contributed by atoms with van der Waals surface area (Å²) in [4.78, 5) is 136. The lowest BCUT2D eigenvalue weighted by Gasteiger charge is -2.44. The van der Waals surface area contributed by atoms with Crippen LogP contribution in [0.4, 0.5) is 0 Å². The van der Waals surface area contributed by atoms with Crippen LogP contribution in [0.25, 0.3) is 0 Å². The van der Waals surface area contributed by atoms with Crippen molar-refractivity contribution in [3.63, 3.8) is 0 Å². The Kier molecular flexibility index (Phi) is 18.8. The van der Waals surface area contributed by atoms with E-state index in [4.69, 9.17) is 58.3 Å². The van der Waals surface area contributed by atoms with E-state index in [1.807, 2.05) is 0 Å². The Hall–Kier alpha value is -5.21. The molecule has 0 radical (unpaired) electrons. The van der Waals surface area contributed by atoms with Crippen LogP contribution in [-0.2, 0) is 100 Å². The molecule has 0 bridgehead atoms. The highest BCUT2D eigenvalue weighted by molar-refractivity contribution is 8.00. The second kappa shape index (κ2) is 28.0. The molecule has 2 fully saturated rings. The normalized spacial score (nSPS) is 26.8. The molecule has 2 aliphatic heterocycles. The number of hydrogen-bond acceptors (Lipinski definition) is 23. The van der Waals surface area contributed by atoms with Crippen LogP contribution < -0.4 is 10.6 Å². The van der Waals surface area contributed by atoms with E-state index in [9.17, 15) is 57.8 Å². The number of carboxylic acids is 1. The van der Waals surface area contributed by atoms with Crippen LogP contribution in [0.1, 0.15) is 91.8 Å². The first kappa shape index (κ1) is 43.7. The minimum Gasteiger partial charge on any atom is -0.480 e. The van der Waals surface area contributed by atoms with Gasteiger partial charge in [-0.2, -0.15) is 0 Å². The summed E-state index contributed by atoms with van der Waals surface area (Å²) in [6.07, 6.45) is -13.9. The van der Waals surface area contributed by atoms with Gasteiger partial charge in [0.05, 0.1) is 0 Å². The second-order valence-corrected chi connectivity index (χ2v) is 15.8. The molecule has 24 nitrogen and oxygen atoms in total. The van der Waals surface area contributed by atoms with Crippen molar-refractivity contribution in [2.75, 3.05) is 31.3 Å². The molecule has 0 saturated carbocycles. The lowest BCUT2D eigenvalue weighted by molar-refractivity contribution is -0.237. The average Bonchev–Trinajstić information content (AvgIpc) is 3.37. The Labute approximate surface area is 393 Å². The molecule has 0 aromatic heterocycles. The first-order valence-electron chi connectivity index (χ1n) is 24.6. The summed E-state index contributed by atoms with van der Waals surface area (Å²) in [6, 6.07) is -1.47. The van der Waals surface area contributed by atoms with Crippen molar-refractivity contribution in [3.8, 4) is 0 Å². The zero-order chi connectivity index (χ0) is 54.6.